The van der Waals surface area contributed by atoms with Crippen molar-refractivity contribution < 1.29 is 17.9 Å². The van der Waals surface area contributed by atoms with Crippen LogP contribution in [0.3, 0.4) is 0 Å². The number of methoxy groups -OCH3 is 1. The van der Waals surface area contributed by atoms with Crippen molar-refractivity contribution in [2.24, 2.45) is 0 Å². The van der Waals surface area contributed by atoms with Crippen molar-refractivity contribution in [3.8, 4) is 5.75 Å². The Morgan fingerprint density at radius 3 is 2.70 bits per heavy atom. The molecule has 0 aliphatic carbocycles. The largest absolute Gasteiger partial charge is 0.497 e. The Morgan fingerprint density at radius 1 is 1.30 bits per heavy atom. The Hall–Kier alpha value is -2.48. The Morgan fingerprint density at radius 2 is 2.04 bits per heavy atom. The van der Waals surface area contributed by atoms with Crippen LogP contribution >= 0.6 is 0 Å². The molecule has 1 saturated heterocycles. The number of hydrogen-bond donors (Lipinski definition) is 0. The monoisotopic (exact) mass is 389 g/mol. The van der Waals surface area contributed by atoms with Gasteiger partial charge in [0.2, 0.25) is 5.91 Å². The van der Waals surface area contributed by atoms with Crippen LogP contribution in [0.5, 0.6) is 5.75 Å². The van der Waals surface area contributed by atoms with Gasteiger partial charge in [-0.3, -0.25) is 4.79 Å². The maximum atomic E-state index is 12.7. The number of nitrogens with zero attached hydrogens (tertiary/aromatic N) is 3. The Labute approximate surface area is 159 Å². The van der Waals surface area contributed by atoms with Crippen LogP contribution in [0.1, 0.15) is 30.0 Å². The summed E-state index contributed by atoms with van der Waals surface area (Å²) in [4.78, 5) is 22.7. The fourth-order valence-corrected chi connectivity index (χ4v) is 4.23. The molecule has 7 nitrogen and oxygen atoms in total. The first-order chi connectivity index (χ1) is 12.9. The Balaban J connectivity index is 1.73. The minimum Gasteiger partial charge on any atom is -0.497 e. The van der Waals surface area contributed by atoms with Gasteiger partial charge in [-0.05, 0) is 30.5 Å². The highest BCUT2D eigenvalue weighted by atomic mass is 32.2. The fourth-order valence-electron chi connectivity index (χ4n) is 3.38. The average Bonchev–Trinajstić information content (AvgIpc) is 2.68. The number of rotatable bonds is 5. The van der Waals surface area contributed by atoms with E-state index in [-0.39, 0.29) is 16.7 Å². The summed E-state index contributed by atoms with van der Waals surface area (Å²) in [6, 6.07) is 7.43. The van der Waals surface area contributed by atoms with Gasteiger partial charge in [0.15, 0.2) is 9.84 Å². The second kappa shape index (κ2) is 8.04. The lowest BCUT2D eigenvalue weighted by Crippen LogP contribution is -2.40. The molecule has 1 aromatic carbocycles. The number of piperidine rings is 1. The van der Waals surface area contributed by atoms with Crippen LogP contribution < -0.4 is 4.74 Å². The molecule has 1 aromatic heterocycles. The number of ether oxygens (including phenoxy) is 1. The zero-order valence-electron chi connectivity index (χ0n) is 15.5. The molecule has 0 bridgehead atoms. The molecule has 2 heterocycles. The van der Waals surface area contributed by atoms with Gasteiger partial charge in [-0.2, -0.15) is 0 Å². The number of benzene rings is 1. The van der Waals surface area contributed by atoms with Crippen LogP contribution in [0.25, 0.3) is 0 Å². The smallest absolute Gasteiger partial charge is 0.227 e. The molecular formula is C19H23N3O4S. The van der Waals surface area contributed by atoms with Crippen molar-refractivity contribution in [1.82, 2.24) is 14.9 Å². The van der Waals surface area contributed by atoms with E-state index >= 15 is 0 Å². The van der Waals surface area contributed by atoms with Gasteiger partial charge >= 0.3 is 0 Å². The molecule has 0 spiro atoms. The molecule has 1 fully saturated rings. The van der Waals surface area contributed by atoms with Gasteiger partial charge in [0, 0.05) is 31.5 Å². The number of likely N-dealkylation sites (tertiary alicyclic amines) is 1. The van der Waals surface area contributed by atoms with Crippen LogP contribution in [0.15, 0.2) is 41.7 Å². The molecule has 8 heteroatoms. The molecule has 0 N–H and O–H groups in total. The SMILES string of the molecule is COc1ccc(CC(=O)N2CCC[C@@H](c3ncncc3S(C)(=O)=O)C2)cc1. The second-order valence-corrected chi connectivity index (χ2v) is 8.73. The third-order valence-electron chi connectivity index (χ3n) is 4.78. The summed E-state index contributed by atoms with van der Waals surface area (Å²) in [6.07, 6.45) is 5.78. The van der Waals surface area contributed by atoms with E-state index in [1.807, 2.05) is 24.3 Å². The minimum absolute atomic E-state index is 0.0276. The summed E-state index contributed by atoms with van der Waals surface area (Å²) in [5.74, 6) is 0.674. The Bertz CT molecular complexity index is 913. The van der Waals surface area contributed by atoms with Crippen molar-refractivity contribution in [3.63, 3.8) is 0 Å². The minimum atomic E-state index is -3.42. The van der Waals surface area contributed by atoms with Crippen molar-refractivity contribution in [2.75, 3.05) is 26.5 Å². The summed E-state index contributed by atoms with van der Waals surface area (Å²) in [7, 11) is -1.81. The van der Waals surface area contributed by atoms with Crippen molar-refractivity contribution >= 4 is 15.7 Å². The summed E-state index contributed by atoms with van der Waals surface area (Å²) in [5.41, 5.74) is 1.43. The van der Waals surface area contributed by atoms with Gasteiger partial charge in [0.1, 0.15) is 17.0 Å². The molecule has 3 rings (SSSR count). The number of sulfone groups is 1. The number of carbonyl (C=O) groups is 1. The molecule has 1 aliphatic rings. The van der Waals surface area contributed by atoms with Crippen LogP contribution in [0, 0.1) is 0 Å². The lowest BCUT2D eigenvalue weighted by molar-refractivity contribution is -0.131. The predicted molar refractivity (Wildman–Crippen MR) is 100 cm³/mol. The number of aromatic nitrogens is 2. The first kappa shape index (κ1) is 19.3. The molecule has 1 amide bonds. The highest BCUT2D eigenvalue weighted by molar-refractivity contribution is 7.90. The van der Waals surface area contributed by atoms with Gasteiger partial charge < -0.3 is 9.64 Å². The normalized spacial score (nSPS) is 17.6. The lowest BCUT2D eigenvalue weighted by atomic mass is 9.94. The molecule has 2 aromatic rings. The van der Waals surface area contributed by atoms with Gasteiger partial charge in [-0.1, -0.05) is 12.1 Å². The van der Waals surface area contributed by atoms with E-state index in [1.165, 1.54) is 12.5 Å². The highest BCUT2D eigenvalue weighted by Gasteiger charge is 2.29. The van der Waals surface area contributed by atoms with Gasteiger partial charge in [-0.15, -0.1) is 0 Å². The molecule has 0 unspecified atom stereocenters. The zero-order valence-corrected chi connectivity index (χ0v) is 16.3. The van der Waals surface area contributed by atoms with Crippen LogP contribution in [-0.2, 0) is 21.1 Å². The molecular weight excluding hydrogens is 366 g/mol. The third-order valence-corrected chi connectivity index (χ3v) is 5.90. The predicted octanol–water partition coefficient (Wildman–Crippen LogP) is 1.84. The van der Waals surface area contributed by atoms with Crippen LogP contribution in [0.2, 0.25) is 0 Å². The van der Waals surface area contributed by atoms with Gasteiger partial charge in [0.25, 0.3) is 0 Å². The average molecular weight is 389 g/mol. The van der Waals surface area contributed by atoms with Crippen molar-refractivity contribution in [2.45, 2.75) is 30.1 Å². The molecule has 27 heavy (non-hydrogen) atoms. The van der Waals surface area contributed by atoms with Crippen molar-refractivity contribution in [3.05, 3.63) is 48.0 Å². The lowest BCUT2D eigenvalue weighted by Gasteiger charge is -2.33. The summed E-state index contributed by atoms with van der Waals surface area (Å²) in [5, 5.41) is 0. The first-order valence-electron chi connectivity index (χ1n) is 8.79. The Kier molecular flexibility index (Phi) is 5.74. The summed E-state index contributed by atoms with van der Waals surface area (Å²) in [6.45, 7) is 1.14. The topological polar surface area (TPSA) is 89.5 Å². The van der Waals surface area contributed by atoms with Gasteiger partial charge in [-0.25, -0.2) is 18.4 Å². The van der Waals surface area contributed by atoms with E-state index < -0.39 is 9.84 Å². The maximum Gasteiger partial charge on any atom is 0.227 e. The second-order valence-electron chi connectivity index (χ2n) is 6.75. The maximum absolute atomic E-state index is 12.7. The van der Waals surface area contributed by atoms with Crippen LogP contribution in [-0.4, -0.2) is 55.6 Å². The quantitative estimate of drug-likeness (QED) is 0.775. The van der Waals surface area contributed by atoms with E-state index in [0.29, 0.717) is 25.2 Å². The zero-order chi connectivity index (χ0) is 19.4. The third kappa shape index (κ3) is 4.63. The number of hydrogen-bond acceptors (Lipinski definition) is 6. The standard InChI is InChI=1S/C19H23N3O4S/c1-26-16-7-5-14(6-8-16)10-18(23)22-9-3-4-15(12-22)19-17(27(2,24)25)11-20-13-21-19/h5-8,11,13,15H,3-4,9-10,12H2,1-2H3/t15-/m1/s1. The number of carbonyl (C=O) groups excluding carboxylic acids is 1. The summed E-state index contributed by atoms with van der Waals surface area (Å²) < 4.78 is 29.2. The fraction of sp³-hybridized carbons (Fsp3) is 0.421. The molecule has 1 atom stereocenters. The molecule has 0 radical (unpaired) electrons. The van der Waals surface area contributed by atoms with E-state index in [2.05, 4.69) is 9.97 Å². The number of amides is 1. The van der Waals surface area contributed by atoms with Gasteiger partial charge in [0.05, 0.1) is 19.2 Å². The molecule has 0 saturated carbocycles. The first-order valence-corrected chi connectivity index (χ1v) is 10.7. The van der Waals surface area contributed by atoms with E-state index in [1.54, 1.807) is 12.0 Å². The molecule has 144 valence electrons. The van der Waals surface area contributed by atoms with E-state index in [4.69, 9.17) is 4.74 Å². The van der Waals surface area contributed by atoms with Crippen LogP contribution in [0.4, 0.5) is 0 Å². The summed E-state index contributed by atoms with van der Waals surface area (Å²) >= 11 is 0. The van der Waals surface area contributed by atoms with E-state index in [0.717, 1.165) is 30.4 Å². The molecule has 1 aliphatic heterocycles. The highest BCUT2D eigenvalue weighted by Crippen LogP contribution is 2.29. The van der Waals surface area contributed by atoms with E-state index in [9.17, 15) is 13.2 Å². The van der Waals surface area contributed by atoms with Crippen molar-refractivity contribution in [1.29, 1.82) is 0 Å².